The van der Waals surface area contributed by atoms with Crippen LogP contribution in [0, 0.1) is 0 Å². The Hall–Kier alpha value is -7.42. The molecule has 0 aliphatic carbocycles. The molecule has 0 bridgehead atoms. The van der Waals surface area contributed by atoms with E-state index in [9.17, 15) is 0 Å². The van der Waals surface area contributed by atoms with Crippen molar-refractivity contribution in [3.8, 4) is 39.1 Å². The fraction of sp³-hybridized carbons (Fsp3) is 0. The minimum absolute atomic E-state index is 0.197. The van der Waals surface area contributed by atoms with Crippen LogP contribution in [0.3, 0.4) is 0 Å². The molecule has 10 aromatic carbocycles. The maximum Gasteiger partial charge on any atom is 0.136 e. The lowest BCUT2D eigenvalue weighted by Gasteiger charge is -2.19. The third kappa shape index (κ3) is 4.50. The standard InChI is InChI=1S/C54H33NO/c1-2-15-34(16-3-1)52-41-21-6-8-23-43(41)53(44-24-9-7-22-42(44)52)36-31-35-17-4-5-18-38(35)46(32-36)45-25-14-28-51-54(45)47-33-37(29-30-50(47)56-51)55-48-26-12-10-19-39(48)40-20-11-13-27-49(40)55/h1-33H/i1D,2D,3D,15D,16D. The molecule has 0 fully saturated rings. The summed E-state index contributed by atoms with van der Waals surface area (Å²) < 4.78 is 52.4. The van der Waals surface area contributed by atoms with E-state index in [1.807, 2.05) is 42.5 Å². The van der Waals surface area contributed by atoms with Crippen LogP contribution < -0.4 is 0 Å². The molecule has 2 heterocycles. The second-order valence-corrected chi connectivity index (χ2v) is 14.4. The summed E-state index contributed by atoms with van der Waals surface area (Å²) in [5, 5.41) is 10.1. The number of rotatable bonds is 4. The van der Waals surface area contributed by atoms with Crippen LogP contribution in [0.4, 0.5) is 0 Å². The van der Waals surface area contributed by atoms with Crippen LogP contribution in [0.1, 0.15) is 6.85 Å². The van der Waals surface area contributed by atoms with E-state index in [4.69, 9.17) is 11.3 Å². The van der Waals surface area contributed by atoms with E-state index < -0.39 is 6.04 Å². The van der Waals surface area contributed by atoms with Gasteiger partial charge in [0.1, 0.15) is 11.2 Å². The summed E-state index contributed by atoms with van der Waals surface area (Å²) in [6, 6.07) is 57.4. The van der Waals surface area contributed by atoms with Crippen molar-refractivity contribution in [3.63, 3.8) is 0 Å². The van der Waals surface area contributed by atoms with Gasteiger partial charge in [0.15, 0.2) is 0 Å². The van der Waals surface area contributed by atoms with E-state index in [1.54, 1.807) is 0 Å². The molecule has 0 unspecified atom stereocenters. The van der Waals surface area contributed by atoms with Gasteiger partial charge in [-0.1, -0.05) is 152 Å². The van der Waals surface area contributed by atoms with Crippen molar-refractivity contribution in [3.05, 3.63) is 200 Å². The molecule has 0 radical (unpaired) electrons. The molecule has 0 amide bonds. The molecule has 2 heteroatoms. The molecule has 12 rings (SSSR count). The summed E-state index contributed by atoms with van der Waals surface area (Å²) in [6.45, 7) is 0. The van der Waals surface area contributed by atoms with Gasteiger partial charge in [-0.05, 0) is 114 Å². The normalized spacial score (nSPS) is 13.2. The largest absolute Gasteiger partial charge is 0.456 e. The molecule has 12 aromatic rings. The average molecular weight is 717 g/mol. The summed E-state index contributed by atoms with van der Waals surface area (Å²) in [5.41, 5.74) is 9.91. The van der Waals surface area contributed by atoms with Crippen LogP contribution in [0.2, 0.25) is 0 Å². The Labute approximate surface area is 330 Å². The lowest BCUT2D eigenvalue weighted by atomic mass is 9.84. The SMILES string of the molecule is [2H]c1c([2H])c([2H])c(-c2c3ccccc3c(-c3cc(-c4cccc5oc6ccc(-n7c8ccccc8c8ccccc87)cc6c45)c4ccccc4c3)c3ccccc23)c([2H])c1[2H]. The maximum absolute atomic E-state index is 9.01. The Kier molecular flexibility index (Phi) is 5.67. The number of nitrogens with zero attached hydrogens (tertiary/aromatic N) is 1. The second-order valence-electron chi connectivity index (χ2n) is 14.4. The minimum Gasteiger partial charge on any atom is -0.456 e. The molecule has 0 saturated carbocycles. The molecule has 0 aliphatic heterocycles. The highest BCUT2D eigenvalue weighted by Crippen LogP contribution is 2.47. The van der Waals surface area contributed by atoms with Gasteiger partial charge in [0.2, 0.25) is 0 Å². The number of para-hydroxylation sites is 2. The first kappa shape index (κ1) is 26.4. The van der Waals surface area contributed by atoms with Gasteiger partial charge in [0, 0.05) is 27.2 Å². The molecular formula is C54H33NO. The molecule has 260 valence electrons. The average Bonchev–Trinajstić information content (AvgIpc) is 3.85. The van der Waals surface area contributed by atoms with E-state index in [1.165, 1.54) is 10.8 Å². The fourth-order valence-electron chi connectivity index (χ4n) is 9.14. The smallest absolute Gasteiger partial charge is 0.136 e. The highest BCUT2D eigenvalue weighted by molar-refractivity contribution is 6.23. The van der Waals surface area contributed by atoms with Crippen LogP contribution in [0.15, 0.2) is 204 Å². The van der Waals surface area contributed by atoms with Crippen molar-refractivity contribution in [2.75, 3.05) is 0 Å². The monoisotopic (exact) mass is 716 g/mol. The molecule has 2 nitrogen and oxygen atoms in total. The van der Waals surface area contributed by atoms with Gasteiger partial charge in [-0.2, -0.15) is 0 Å². The summed E-state index contributed by atoms with van der Waals surface area (Å²) >= 11 is 0. The van der Waals surface area contributed by atoms with Gasteiger partial charge in [-0.25, -0.2) is 0 Å². The van der Waals surface area contributed by atoms with Gasteiger partial charge in [0.05, 0.1) is 17.9 Å². The highest BCUT2D eigenvalue weighted by atomic mass is 16.3. The van der Waals surface area contributed by atoms with Crippen LogP contribution in [-0.4, -0.2) is 4.57 Å². The number of aromatic nitrogens is 1. The Morgan fingerprint density at radius 2 is 0.964 bits per heavy atom. The quantitative estimate of drug-likeness (QED) is 0.166. The van der Waals surface area contributed by atoms with E-state index >= 15 is 0 Å². The van der Waals surface area contributed by atoms with Crippen LogP contribution in [0.5, 0.6) is 0 Å². The number of hydrogen-bond donors (Lipinski definition) is 0. The first-order valence-electron chi connectivity index (χ1n) is 21.4. The number of fused-ring (bicyclic) bond motifs is 9. The van der Waals surface area contributed by atoms with Gasteiger partial charge in [0.25, 0.3) is 0 Å². The molecule has 0 spiro atoms. The van der Waals surface area contributed by atoms with Gasteiger partial charge >= 0.3 is 0 Å². The molecular weight excluding hydrogens is 679 g/mol. The predicted molar refractivity (Wildman–Crippen MR) is 237 cm³/mol. The topological polar surface area (TPSA) is 18.1 Å². The Morgan fingerprint density at radius 3 is 1.62 bits per heavy atom. The lowest BCUT2D eigenvalue weighted by Crippen LogP contribution is -1.93. The van der Waals surface area contributed by atoms with Crippen molar-refractivity contribution in [2.24, 2.45) is 0 Å². The lowest BCUT2D eigenvalue weighted by molar-refractivity contribution is 0.669. The Bertz CT molecular complexity index is 3700. The van der Waals surface area contributed by atoms with Crippen LogP contribution >= 0.6 is 0 Å². The van der Waals surface area contributed by atoms with E-state index in [0.717, 1.165) is 93.2 Å². The zero-order valence-corrected chi connectivity index (χ0v) is 30.0. The molecule has 0 N–H and O–H groups in total. The van der Waals surface area contributed by atoms with Crippen LogP contribution in [0.25, 0.3) is 115 Å². The number of furan rings is 1. The maximum atomic E-state index is 9.01. The molecule has 0 atom stereocenters. The third-order valence-electron chi connectivity index (χ3n) is 11.4. The van der Waals surface area contributed by atoms with Crippen molar-refractivity contribution in [1.29, 1.82) is 0 Å². The highest BCUT2D eigenvalue weighted by Gasteiger charge is 2.21. The summed E-state index contributed by atoms with van der Waals surface area (Å²) in [6.07, 6.45) is 0. The van der Waals surface area contributed by atoms with Gasteiger partial charge in [-0.15, -0.1) is 0 Å². The summed E-state index contributed by atoms with van der Waals surface area (Å²) in [7, 11) is 0. The molecule has 0 saturated heterocycles. The van der Waals surface area contributed by atoms with E-state index in [0.29, 0.717) is 5.56 Å². The molecule has 56 heavy (non-hydrogen) atoms. The van der Waals surface area contributed by atoms with Crippen molar-refractivity contribution < 1.29 is 11.3 Å². The Morgan fingerprint density at radius 1 is 0.393 bits per heavy atom. The number of hydrogen-bond acceptors (Lipinski definition) is 1. The first-order valence-corrected chi connectivity index (χ1v) is 18.9. The van der Waals surface area contributed by atoms with Gasteiger partial charge < -0.3 is 8.98 Å². The van der Waals surface area contributed by atoms with Crippen molar-refractivity contribution >= 4 is 76.1 Å². The molecule has 2 aromatic heterocycles. The first-order chi connectivity index (χ1) is 29.9. The van der Waals surface area contributed by atoms with Crippen molar-refractivity contribution in [2.45, 2.75) is 0 Å². The third-order valence-corrected chi connectivity index (χ3v) is 11.4. The predicted octanol–water partition coefficient (Wildman–Crippen LogP) is 15.1. The fourth-order valence-corrected chi connectivity index (χ4v) is 9.14. The zero-order valence-electron chi connectivity index (χ0n) is 35.0. The van der Waals surface area contributed by atoms with Crippen molar-refractivity contribution in [1.82, 2.24) is 4.57 Å². The molecule has 0 aliphatic rings. The number of benzene rings is 10. The zero-order chi connectivity index (χ0) is 41.1. The summed E-state index contributed by atoms with van der Waals surface area (Å²) in [4.78, 5) is 0. The van der Waals surface area contributed by atoms with Crippen LogP contribution in [-0.2, 0) is 0 Å². The Balaban J connectivity index is 1.14. The van der Waals surface area contributed by atoms with Gasteiger partial charge in [-0.3, -0.25) is 0 Å². The summed E-state index contributed by atoms with van der Waals surface area (Å²) in [5.74, 6) is 0. The van der Waals surface area contributed by atoms with E-state index in [2.05, 4.69) is 132 Å². The minimum atomic E-state index is -0.406. The second kappa shape index (κ2) is 12.0. The van der Waals surface area contributed by atoms with E-state index in [-0.39, 0.29) is 29.7 Å².